The summed E-state index contributed by atoms with van der Waals surface area (Å²) >= 11 is 1.54. The molecule has 0 aliphatic rings. The number of aromatic nitrogens is 2. The standard InChI is InChI=1S/C14H14N4O3S/c19-12(3-4-15-13(20)11-2-1-6-21-11)16-8-10-9-18-5-7-22-14(18)17-10/h1-2,5-7,9H,3-4,8H2,(H,15,20)(H,16,19). The Bertz CT molecular complexity index is 747. The smallest absolute Gasteiger partial charge is 0.286 e. The number of hydrogen-bond donors (Lipinski definition) is 2. The highest BCUT2D eigenvalue weighted by molar-refractivity contribution is 7.15. The van der Waals surface area contributed by atoms with E-state index in [-0.39, 0.29) is 30.5 Å². The minimum absolute atomic E-state index is 0.143. The van der Waals surface area contributed by atoms with Crippen molar-refractivity contribution in [3.05, 3.63) is 47.6 Å². The van der Waals surface area contributed by atoms with Crippen molar-refractivity contribution < 1.29 is 14.0 Å². The molecule has 0 saturated heterocycles. The molecule has 22 heavy (non-hydrogen) atoms. The maximum atomic E-state index is 11.7. The Labute approximate surface area is 130 Å². The summed E-state index contributed by atoms with van der Waals surface area (Å²) in [5.74, 6) is -0.235. The van der Waals surface area contributed by atoms with Gasteiger partial charge in [-0.3, -0.25) is 14.0 Å². The van der Waals surface area contributed by atoms with Crippen LogP contribution in [0.4, 0.5) is 0 Å². The zero-order valence-electron chi connectivity index (χ0n) is 11.6. The number of furan rings is 1. The Kier molecular flexibility index (Phi) is 4.19. The van der Waals surface area contributed by atoms with Crippen molar-refractivity contribution in [1.29, 1.82) is 0 Å². The van der Waals surface area contributed by atoms with E-state index in [9.17, 15) is 9.59 Å². The van der Waals surface area contributed by atoms with Gasteiger partial charge in [-0.25, -0.2) is 4.98 Å². The second-order valence-corrected chi connectivity index (χ2v) is 5.46. The lowest BCUT2D eigenvalue weighted by molar-refractivity contribution is -0.121. The maximum absolute atomic E-state index is 11.7. The number of amides is 2. The first-order valence-corrected chi connectivity index (χ1v) is 7.60. The van der Waals surface area contributed by atoms with Crippen molar-refractivity contribution in [3.8, 4) is 0 Å². The van der Waals surface area contributed by atoms with Gasteiger partial charge < -0.3 is 15.1 Å². The fourth-order valence-corrected chi connectivity index (χ4v) is 2.64. The molecule has 0 unspecified atom stereocenters. The molecule has 3 aromatic rings. The second kappa shape index (κ2) is 6.44. The van der Waals surface area contributed by atoms with Gasteiger partial charge in [-0.05, 0) is 12.1 Å². The molecule has 3 aromatic heterocycles. The van der Waals surface area contributed by atoms with Crippen LogP contribution in [0.5, 0.6) is 0 Å². The number of imidazole rings is 1. The molecule has 0 atom stereocenters. The summed E-state index contributed by atoms with van der Waals surface area (Å²) in [4.78, 5) is 28.6. The van der Waals surface area contributed by atoms with Crippen molar-refractivity contribution in [1.82, 2.24) is 20.0 Å². The summed E-state index contributed by atoms with van der Waals surface area (Å²) in [5.41, 5.74) is 0.805. The van der Waals surface area contributed by atoms with Crippen LogP contribution >= 0.6 is 11.3 Å². The minimum atomic E-state index is -0.327. The lowest BCUT2D eigenvalue weighted by Crippen LogP contribution is -2.30. The van der Waals surface area contributed by atoms with Crippen molar-refractivity contribution in [2.75, 3.05) is 6.54 Å². The number of fused-ring (bicyclic) bond motifs is 1. The van der Waals surface area contributed by atoms with Gasteiger partial charge in [0.2, 0.25) is 5.91 Å². The van der Waals surface area contributed by atoms with E-state index in [0.717, 1.165) is 10.7 Å². The van der Waals surface area contributed by atoms with Gasteiger partial charge in [0.25, 0.3) is 5.91 Å². The molecule has 2 amide bonds. The number of hydrogen-bond acceptors (Lipinski definition) is 5. The first-order valence-electron chi connectivity index (χ1n) is 6.72. The molecule has 0 radical (unpaired) electrons. The number of thiazole rings is 1. The fourth-order valence-electron chi connectivity index (χ4n) is 1.92. The normalized spacial score (nSPS) is 10.7. The van der Waals surface area contributed by atoms with Gasteiger partial charge in [0.1, 0.15) is 0 Å². The summed E-state index contributed by atoms with van der Waals surface area (Å²) in [7, 11) is 0. The van der Waals surface area contributed by atoms with E-state index >= 15 is 0 Å². The SMILES string of the molecule is O=C(CCNC(=O)c1ccco1)NCc1cn2ccsc2n1. The van der Waals surface area contributed by atoms with E-state index in [1.165, 1.54) is 6.26 Å². The average Bonchev–Trinajstić information content (AvgIpc) is 3.21. The zero-order valence-corrected chi connectivity index (χ0v) is 12.4. The summed E-state index contributed by atoms with van der Waals surface area (Å²) in [6.07, 6.45) is 5.43. The molecule has 8 heteroatoms. The predicted octanol–water partition coefficient (Wildman–Crippen LogP) is 1.43. The Morgan fingerprint density at radius 3 is 3.05 bits per heavy atom. The molecule has 0 aromatic carbocycles. The van der Waals surface area contributed by atoms with Crippen LogP contribution in [0.25, 0.3) is 4.96 Å². The monoisotopic (exact) mass is 318 g/mol. The van der Waals surface area contributed by atoms with Crippen LogP contribution in [0.2, 0.25) is 0 Å². The molecule has 114 valence electrons. The third-order valence-corrected chi connectivity index (χ3v) is 3.76. The van der Waals surface area contributed by atoms with Crippen LogP contribution in [-0.2, 0) is 11.3 Å². The highest BCUT2D eigenvalue weighted by Crippen LogP contribution is 2.10. The first kappa shape index (κ1) is 14.3. The van der Waals surface area contributed by atoms with E-state index in [2.05, 4.69) is 15.6 Å². The molecule has 2 N–H and O–H groups in total. The molecule has 0 bridgehead atoms. The summed E-state index contributed by atoms with van der Waals surface area (Å²) in [6.45, 7) is 0.628. The van der Waals surface area contributed by atoms with Gasteiger partial charge in [0.15, 0.2) is 10.7 Å². The third-order valence-electron chi connectivity index (χ3n) is 2.99. The molecule has 0 saturated carbocycles. The van der Waals surface area contributed by atoms with Gasteiger partial charge in [-0.1, -0.05) is 0 Å². The van der Waals surface area contributed by atoms with E-state index in [0.29, 0.717) is 6.54 Å². The zero-order chi connectivity index (χ0) is 15.4. The summed E-state index contributed by atoms with van der Waals surface area (Å²) < 4.78 is 6.87. The largest absolute Gasteiger partial charge is 0.459 e. The molecular weight excluding hydrogens is 304 g/mol. The van der Waals surface area contributed by atoms with Crippen LogP contribution in [-0.4, -0.2) is 27.7 Å². The van der Waals surface area contributed by atoms with Crippen LogP contribution < -0.4 is 10.6 Å². The Morgan fingerprint density at radius 1 is 1.36 bits per heavy atom. The average molecular weight is 318 g/mol. The number of carbonyl (C=O) groups excluding carboxylic acids is 2. The van der Waals surface area contributed by atoms with Gasteiger partial charge in [-0.2, -0.15) is 0 Å². The highest BCUT2D eigenvalue weighted by atomic mass is 32.1. The van der Waals surface area contributed by atoms with E-state index in [1.54, 1.807) is 23.5 Å². The molecule has 7 nitrogen and oxygen atoms in total. The second-order valence-electron chi connectivity index (χ2n) is 4.59. The van der Waals surface area contributed by atoms with Crippen LogP contribution in [0, 0.1) is 0 Å². The quantitative estimate of drug-likeness (QED) is 0.719. The number of nitrogens with one attached hydrogen (secondary N) is 2. The fraction of sp³-hybridized carbons (Fsp3) is 0.214. The number of rotatable bonds is 6. The summed E-state index contributed by atoms with van der Waals surface area (Å²) in [6, 6.07) is 3.21. The molecule has 3 rings (SSSR count). The molecule has 0 aliphatic carbocycles. The lowest BCUT2D eigenvalue weighted by atomic mass is 10.3. The molecule has 0 spiro atoms. The van der Waals surface area contributed by atoms with Crippen LogP contribution in [0.15, 0.2) is 40.6 Å². The van der Waals surface area contributed by atoms with Gasteiger partial charge in [0.05, 0.1) is 18.5 Å². The molecule has 0 fully saturated rings. The Morgan fingerprint density at radius 2 is 2.27 bits per heavy atom. The molecule has 3 heterocycles. The number of carbonyl (C=O) groups is 2. The van der Waals surface area contributed by atoms with Gasteiger partial charge >= 0.3 is 0 Å². The topological polar surface area (TPSA) is 88.6 Å². The van der Waals surface area contributed by atoms with E-state index in [1.807, 2.05) is 22.2 Å². The third kappa shape index (κ3) is 3.34. The van der Waals surface area contributed by atoms with Crippen LogP contribution in [0.1, 0.15) is 22.7 Å². The lowest BCUT2D eigenvalue weighted by Gasteiger charge is -2.04. The van der Waals surface area contributed by atoms with E-state index in [4.69, 9.17) is 4.42 Å². The molecule has 0 aliphatic heterocycles. The highest BCUT2D eigenvalue weighted by Gasteiger charge is 2.09. The van der Waals surface area contributed by atoms with Crippen molar-refractivity contribution in [2.24, 2.45) is 0 Å². The number of nitrogens with zero attached hydrogens (tertiary/aromatic N) is 2. The summed E-state index contributed by atoms with van der Waals surface area (Å²) in [5, 5.41) is 7.34. The van der Waals surface area contributed by atoms with Crippen LogP contribution in [0.3, 0.4) is 0 Å². The molecular formula is C14H14N4O3S. The van der Waals surface area contributed by atoms with E-state index < -0.39 is 0 Å². The first-order chi connectivity index (χ1) is 10.7. The van der Waals surface area contributed by atoms with Gasteiger partial charge in [-0.15, -0.1) is 11.3 Å². The predicted molar refractivity (Wildman–Crippen MR) is 80.6 cm³/mol. The minimum Gasteiger partial charge on any atom is -0.459 e. The van der Waals surface area contributed by atoms with Gasteiger partial charge in [0, 0.05) is 30.7 Å². The maximum Gasteiger partial charge on any atom is 0.286 e. The Balaban J connectivity index is 1.39. The van der Waals surface area contributed by atoms with Crippen molar-refractivity contribution >= 4 is 28.1 Å². The Hall–Kier alpha value is -2.61. The van der Waals surface area contributed by atoms with Crippen molar-refractivity contribution in [3.63, 3.8) is 0 Å². The van der Waals surface area contributed by atoms with Crippen molar-refractivity contribution in [2.45, 2.75) is 13.0 Å².